The molecule has 0 unspecified atom stereocenters. The van der Waals surface area contributed by atoms with Crippen molar-refractivity contribution in [2.75, 3.05) is 11.9 Å². The zero-order chi connectivity index (χ0) is 16.1. The molecule has 0 aliphatic carbocycles. The summed E-state index contributed by atoms with van der Waals surface area (Å²) in [6.07, 6.45) is 0.152. The molecule has 0 saturated carbocycles. The minimum absolute atomic E-state index is 0.152. The molecular weight excluding hydrogens is 282 g/mol. The van der Waals surface area contributed by atoms with Crippen molar-refractivity contribution >= 4 is 17.6 Å². The Kier molecular flexibility index (Phi) is 4.93. The Bertz CT molecular complexity index is 677. The minimum atomic E-state index is -0.430. The molecule has 0 spiro atoms. The molecular formula is C16H19N3O3. The molecule has 0 atom stereocenters. The molecule has 1 N–H and O–H groups in total. The minimum Gasteiger partial charge on any atom is -0.455 e. The number of hydrogen-bond donors (Lipinski definition) is 1. The maximum absolute atomic E-state index is 11.9. The number of benzene rings is 1. The third-order valence-electron chi connectivity index (χ3n) is 3.33. The largest absolute Gasteiger partial charge is 0.455 e. The number of rotatable bonds is 5. The van der Waals surface area contributed by atoms with E-state index in [0.29, 0.717) is 5.69 Å². The third-order valence-corrected chi connectivity index (χ3v) is 3.33. The Morgan fingerprint density at radius 3 is 2.50 bits per heavy atom. The average Bonchev–Trinajstić information content (AvgIpc) is 2.73. The molecule has 0 aliphatic heterocycles. The molecule has 116 valence electrons. The van der Waals surface area contributed by atoms with Gasteiger partial charge in [-0.2, -0.15) is 5.10 Å². The van der Waals surface area contributed by atoms with Gasteiger partial charge in [-0.3, -0.25) is 14.3 Å². The number of esters is 1. The van der Waals surface area contributed by atoms with Crippen molar-refractivity contribution < 1.29 is 14.3 Å². The first-order valence-electron chi connectivity index (χ1n) is 6.97. The molecule has 6 heteroatoms. The van der Waals surface area contributed by atoms with Crippen molar-refractivity contribution in [2.45, 2.75) is 20.3 Å². The van der Waals surface area contributed by atoms with Crippen molar-refractivity contribution in [2.24, 2.45) is 7.05 Å². The Hall–Kier alpha value is -2.63. The molecule has 0 radical (unpaired) electrons. The van der Waals surface area contributed by atoms with E-state index in [0.717, 1.165) is 17.0 Å². The number of carbonyl (C=O) groups is 2. The maximum atomic E-state index is 11.9. The molecule has 0 fully saturated rings. The lowest BCUT2D eigenvalue weighted by atomic mass is 10.2. The van der Waals surface area contributed by atoms with Gasteiger partial charge in [0.05, 0.1) is 23.5 Å². The summed E-state index contributed by atoms with van der Waals surface area (Å²) >= 11 is 0. The van der Waals surface area contributed by atoms with Crippen LogP contribution in [0.5, 0.6) is 0 Å². The van der Waals surface area contributed by atoms with Gasteiger partial charge in [-0.1, -0.05) is 30.3 Å². The fourth-order valence-corrected chi connectivity index (χ4v) is 2.09. The summed E-state index contributed by atoms with van der Waals surface area (Å²) in [6.45, 7) is 3.36. The average molecular weight is 301 g/mol. The van der Waals surface area contributed by atoms with E-state index in [4.69, 9.17) is 4.74 Å². The third kappa shape index (κ3) is 3.94. The van der Waals surface area contributed by atoms with Crippen LogP contribution in [0.25, 0.3) is 0 Å². The SMILES string of the molecule is Cc1nn(C)c(C)c1NC(=O)COC(=O)Cc1ccccc1. The lowest BCUT2D eigenvalue weighted by Gasteiger charge is -2.07. The first kappa shape index (κ1) is 15.8. The number of nitrogens with zero attached hydrogens (tertiary/aromatic N) is 2. The lowest BCUT2D eigenvalue weighted by molar-refractivity contribution is -0.146. The predicted molar refractivity (Wildman–Crippen MR) is 82.4 cm³/mol. The van der Waals surface area contributed by atoms with Gasteiger partial charge in [-0.25, -0.2) is 0 Å². The van der Waals surface area contributed by atoms with Gasteiger partial charge < -0.3 is 10.1 Å². The van der Waals surface area contributed by atoms with Crippen LogP contribution in [0.3, 0.4) is 0 Å². The van der Waals surface area contributed by atoms with Gasteiger partial charge in [-0.15, -0.1) is 0 Å². The van der Waals surface area contributed by atoms with Gasteiger partial charge in [0.15, 0.2) is 6.61 Å². The molecule has 0 saturated heterocycles. The number of anilines is 1. The van der Waals surface area contributed by atoms with E-state index in [-0.39, 0.29) is 18.9 Å². The van der Waals surface area contributed by atoms with Gasteiger partial charge in [0.25, 0.3) is 5.91 Å². The fourth-order valence-electron chi connectivity index (χ4n) is 2.09. The molecule has 1 amide bonds. The summed E-state index contributed by atoms with van der Waals surface area (Å²) < 4.78 is 6.68. The molecule has 1 aromatic heterocycles. The van der Waals surface area contributed by atoms with E-state index in [1.165, 1.54) is 0 Å². The van der Waals surface area contributed by atoms with Gasteiger partial charge in [0.1, 0.15) is 0 Å². The van der Waals surface area contributed by atoms with Gasteiger partial charge in [-0.05, 0) is 19.4 Å². The molecule has 1 heterocycles. The number of hydrogen-bond acceptors (Lipinski definition) is 4. The number of aryl methyl sites for hydroxylation is 2. The summed E-state index contributed by atoms with van der Waals surface area (Å²) in [6, 6.07) is 9.25. The summed E-state index contributed by atoms with van der Waals surface area (Å²) in [5, 5.41) is 6.93. The smallest absolute Gasteiger partial charge is 0.310 e. The first-order chi connectivity index (χ1) is 10.5. The predicted octanol–water partition coefficient (Wildman–Crippen LogP) is 1.76. The standard InChI is InChI=1S/C16H19N3O3/c1-11-16(12(2)19(3)18-11)17-14(20)10-22-15(21)9-13-7-5-4-6-8-13/h4-8H,9-10H2,1-3H3,(H,17,20). The molecule has 22 heavy (non-hydrogen) atoms. The highest BCUT2D eigenvalue weighted by Crippen LogP contribution is 2.17. The summed E-state index contributed by atoms with van der Waals surface area (Å²) in [5.41, 5.74) is 3.09. The van der Waals surface area contributed by atoms with Crippen LogP contribution in [0.4, 0.5) is 5.69 Å². The van der Waals surface area contributed by atoms with E-state index in [1.807, 2.05) is 44.2 Å². The highest BCUT2D eigenvalue weighted by Gasteiger charge is 2.14. The highest BCUT2D eigenvalue weighted by atomic mass is 16.5. The summed E-state index contributed by atoms with van der Waals surface area (Å²) in [4.78, 5) is 23.5. The molecule has 2 rings (SSSR count). The molecule has 2 aromatic rings. The van der Waals surface area contributed by atoms with E-state index in [2.05, 4.69) is 10.4 Å². The number of amides is 1. The number of nitrogens with one attached hydrogen (secondary N) is 1. The van der Waals surface area contributed by atoms with Gasteiger partial charge >= 0.3 is 5.97 Å². The topological polar surface area (TPSA) is 73.2 Å². The second kappa shape index (κ2) is 6.89. The van der Waals surface area contributed by atoms with Crippen LogP contribution in [-0.2, 0) is 27.8 Å². The van der Waals surface area contributed by atoms with Gasteiger partial charge in [0.2, 0.25) is 0 Å². The fraction of sp³-hybridized carbons (Fsp3) is 0.312. The lowest BCUT2D eigenvalue weighted by Crippen LogP contribution is -2.22. The van der Waals surface area contributed by atoms with E-state index in [9.17, 15) is 9.59 Å². The Morgan fingerprint density at radius 1 is 1.23 bits per heavy atom. The Morgan fingerprint density at radius 2 is 1.91 bits per heavy atom. The highest BCUT2D eigenvalue weighted by molar-refractivity contribution is 5.93. The number of carbonyl (C=O) groups excluding carboxylic acids is 2. The van der Waals surface area contributed by atoms with Crippen molar-refractivity contribution in [3.05, 3.63) is 47.3 Å². The Balaban J connectivity index is 1.84. The van der Waals surface area contributed by atoms with Crippen molar-refractivity contribution in [1.82, 2.24) is 9.78 Å². The zero-order valence-corrected chi connectivity index (χ0v) is 12.9. The Labute approximate surface area is 129 Å². The molecule has 0 aliphatic rings. The molecule has 1 aromatic carbocycles. The van der Waals surface area contributed by atoms with Crippen LogP contribution >= 0.6 is 0 Å². The van der Waals surface area contributed by atoms with Crippen LogP contribution in [-0.4, -0.2) is 28.3 Å². The van der Waals surface area contributed by atoms with Crippen molar-refractivity contribution in [3.8, 4) is 0 Å². The van der Waals surface area contributed by atoms with Crippen molar-refractivity contribution in [3.63, 3.8) is 0 Å². The molecule has 0 bridgehead atoms. The molecule has 6 nitrogen and oxygen atoms in total. The van der Waals surface area contributed by atoms with Gasteiger partial charge in [0, 0.05) is 7.05 Å². The van der Waals surface area contributed by atoms with Crippen molar-refractivity contribution in [1.29, 1.82) is 0 Å². The monoisotopic (exact) mass is 301 g/mol. The number of aromatic nitrogens is 2. The normalized spacial score (nSPS) is 10.3. The second-order valence-electron chi connectivity index (χ2n) is 5.04. The quantitative estimate of drug-likeness (QED) is 0.854. The van der Waals surface area contributed by atoms with E-state index >= 15 is 0 Å². The van der Waals surface area contributed by atoms with Crippen LogP contribution < -0.4 is 5.32 Å². The first-order valence-corrected chi connectivity index (χ1v) is 6.97. The second-order valence-corrected chi connectivity index (χ2v) is 5.04. The van der Waals surface area contributed by atoms with E-state index < -0.39 is 5.97 Å². The maximum Gasteiger partial charge on any atom is 0.310 e. The van der Waals surface area contributed by atoms with Crippen LogP contribution in [0.2, 0.25) is 0 Å². The summed E-state index contributed by atoms with van der Waals surface area (Å²) in [7, 11) is 1.80. The van der Waals surface area contributed by atoms with Crippen LogP contribution in [0.1, 0.15) is 17.0 Å². The summed E-state index contributed by atoms with van der Waals surface area (Å²) in [5.74, 6) is -0.804. The number of ether oxygens (including phenoxy) is 1. The van der Waals surface area contributed by atoms with Crippen LogP contribution in [0, 0.1) is 13.8 Å². The van der Waals surface area contributed by atoms with E-state index in [1.54, 1.807) is 11.7 Å². The van der Waals surface area contributed by atoms with Crippen LogP contribution in [0.15, 0.2) is 30.3 Å². The zero-order valence-electron chi connectivity index (χ0n) is 12.9.